The van der Waals surface area contributed by atoms with Crippen molar-refractivity contribution in [3.8, 4) is 11.5 Å². The normalized spacial score (nSPS) is 18.0. The number of methoxy groups -OCH3 is 1. The second-order valence-corrected chi connectivity index (χ2v) is 8.55. The van der Waals surface area contributed by atoms with Crippen LogP contribution in [0.4, 0.5) is 5.95 Å². The van der Waals surface area contributed by atoms with Crippen LogP contribution in [0.1, 0.15) is 38.8 Å². The number of nitrogens with zero attached hydrogens (tertiary/aromatic N) is 3. The standard InChI is InChI=1S/C25H29N3O5/c1-5-33-24(31)21-22(16-10-11-20(32-4)19(29)14-16)28-18-9-7-6-8-17(18)26-25(28)27(23(21)30)13-12-15(2)3/h6-11,14-15,21-22,29H,5,12-13H2,1-4H3/t21-,22+/m1/s1. The summed E-state index contributed by atoms with van der Waals surface area (Å²) < 4.78 is 12.4. The van der Waals surface area contributed by atoms with Crippen LogP contribution in [0.5, 0.6) is 11.5 Å². The molecule has 0 bridgehead atoms. The molecule has 2 aromatic carbocycles. The van der Waals surface area contributed by atoms with Gasteiger partial charge in [0.2, 0.25) is 11.9 Å². The first kappa shape index (κ1) is 22.6. The Hall–Kier alpha value is -3.55. The first-order chi connectivity index (χ1) is 15.9. The number of anilines is 1. The van der Waals surface area contributed by atoms with Crippen molar-refractivity contribution in [1.82, 2.24) is 9.55 Å². The Balaban J connectivity index is 1.96. The van der Waals surface area contributed by atoms with Gasteiger partial charge in [-0.15, -0.1) is 0 Å². The number of fused-ring (bicyclic) bond motifs is 3. The number of hydrogen-bond donors (Lipinski definition) is 1. The molecule has 174 valence electrons. The van der Waals surface area contributed by atoms with E-state index in [9.17, 15) is 14.7 Å². The van der Waals surface area contributed by atoms with Crippen LogP contribution in [0.2, 0.25) is 0 Å². The summed E-state index contributed by atoms with van der Waals surface area (Å²) in [7, 11) is 1.47. The van der Waals surface area contributed by atoms with E-state index in [-0.39, 0.29) is 18.3 Å². The summed E-state index contributed by atoms with van der Waals surface area (Å²) in [6, 6.07) is 11.8. The number of esters is 1. The van der Waals surface area contributed by atoms with Crippen molar-refractivity contribution in [2.24, 2.45) is 11.8 Å². The van der Waals surface area contributed by atoms with Crippen molar-refractivity contribution < 1.29 is 24.2 Å². The zero-order valence-electron chi connectivity index (χ0n) is 19.3. The lowest BCUT2D eigenvalue weighted by Crippen LogP contribution is -2.50. The molecule has 0 spiro atoms. The number of benzene rings is 2. The Kier molecular flexibility index (Phi) is 6.26. The van der Waals surface area contributed by atoms with Gasteiger partial charge in [-0.2, -0.15) is 0 Å². The van der Waals surface area contributed by atoms with E-state index in [2.05, 4.69) is 13.8 Å². The summed E-state index contributed by atoms with van der Waals surface area (Å²) in [5, 5.41) is 10.5. The molecule has 0 unspecified atom stereocenters. The van der Waals surface area contributed by atoms with Gasteiger partial charge in [0.1, 0.15) is 0 Å². The molecule has 1 N–H and O–H groups in total. The number of carbonyl (C=O) groups excluding carboxylic acids is 2. The summed E-state index contributed by atoms with van der Waals surface area (Å²) in [5.41, 5.74) is 2.11. The molecule has 3 aromatic rings. The Morgan fingerprint density at radius 2 is 1.97 bits per heavy atom. The maximum atomic E-state index is 13.8. The second kappa shape index (κ2) is 9.13. The second-order valence-electron chi connectivity index (χ2n) is 8.55. The molecule has 2 atom stereocenters. The van der Waals surface area contributed by atoms with Gasteiger partial charge in [-0.05, 0) is 49.1 Å². The molecule has 33 heavy (non-hydrogen) atoms. The van der Waals surface area contributed by atoms with Crippen molar-refractivity contribution in [2.45, 2.75) is 33.2 Å². The lowest BCUT2D eigenvalue weighted by atomic mass is 9.89. The highest BCUT2D eigenvalue weighted by molar-refractivity contribution is 6.08. The summed E-state index contributed by atoms with van der Waals surface area (Å²) >= 11 is 0. The van der Waals surface area contributed by atoms with E-state index in [4.69, 9.17) is 14.5 Å². The molecule has 2 heterocycles. The van der Waals surface area contributed by atoms with Crippen molar-refractivity contribution in [3.63, 3.8) is 0 Å². The number of rotatable bonds is 7. The van der Waals surface area contributed by atoms with Crippen LogP contribution in [0.3, 0.4) is 0 Å². The molecule has 1 amide bonds. The SMILES string of the molecule is CCOC(=O)[C@H]1C(=O)N(CCC(C)C)c2nc3ccccc3n2[C@H]1c1ccc(OC)c(O)c1. The number of hydrogen-bond acceptors (Lipinski definition) is 6. The van der Waals surface area contributed by atoms with Crippen molar-refractivity contribution in [2.75, 3.05) is 25.2 Å². The van der Waals surface area contributed by atoms with Gasteiger partial charge in [0.05, 0.1) is 30.8 Å². The number of carbonyl (C=O) groups is 2. The van der Waals surface area contributed by atoms with Gasteiger partial charge in [-0.25, -0.2) is 4.98 Å². The van der Waals surface area contributed by atoms with Crippen molar-refractivity contribution in [3.05, 3.63) is 48.0 Å². The predicted molar refractivity (Wildman–Crippen MR) is 124 cm³/mol. The molecule has 8 heteroatoms. The molecule has 1 aromatic heterocycles. The first-order valence-electron chi connectivity index (χ1n) is 11.2. The summed E-state index contributed by atoms with van der Waals surface area (Å²) in [6.45, 7) is 6.49. The molecular weight excluding hydrogens is 422 g/mol. The van der Waals surface area contributed by atoms with Gasteiger partial charge in [-0.1, -0.05) is 32.0 Å². The van der Waals surface area contributed by atoms with E-state index in [1.165, 1.54) is 13.2 Å². The Morgan fingerprint density at radius 1 is 1.21 bits per heavy atom. The van der Waals surface area contributed by atoms with Gasteiger partial charge >= 0.3 is 5.97 Å². The molecule has 0 saturated heterocycles. The van der Waals surface area contributed by atoms with E-state index in [0.29, 0.717) is 29.7 Å². The minimum atomic E-state index is -1.12. The highest BCUT2D eigenvalue weighted by Gasteiger charge is 2.47. The zero-order chi connectivity index (χ0) is 23.7. The molecule has 0 radical (unpaired) electrons. The first-order valence-corrected chi connectivity index (χ1v) is 11.2. The largest absolute Gasteiger partial charge is 0.504 e. The van der Waals surface area contributed by atoms with Crippen LogP contribution in [0.25, 0.3) is 11.0 Å². The Labute approximate surface area is 192 Å². The summed E-state index contributed by atoms with van der Waals surface area (Å²) in [5.74, 6) is -0.968. The highest BCUT2D eigenvalue weighted by atomic mass is 16.5. The van der Waals surface area contributed by atoms with Gasteiger partial charge in [0, 0.05) is 6.54 Å². The average molecular weight is 452 g/mol. The molecule has 0 saturated carbocycles. The molecule has 4 rings (SSSR count). The molecular formula is C25H29N3O5. The number of imidazole rings is 1. The van der Waals surface area contributed by atoms with E-state index in [0.717, 1.165) is 17.5 Å². The van der Waals surface area contributed by atoms with Crippen molar-refractivity contribution >= 4 is 28.9 Å². The molecule has 8 nitrogen and oxygen atoms in total. The topological polar surface area (TPSA) is 93.9 Å². The van der Waals surface area contributed by atoms with Crippen LogP contribution in [-0.2, 0) is 14.3 Å². The van der Waals surface area contributed by atoms with Crippen LogP contribution in [0, 0.1) is 11.8 Å². The van der Waals surface area contributed by atoms with E-state index in [1.54, 1.807) is 24.0 Å². The number of ether oxygens (including phenoxy) is 2. The van der Waals surface area contributed by atoms with E-state index >= 15 is 0 Å². The third-order valence-corrected chi connectivity index (χ3v) is 5.96. The average Bonchev–Trinajstić information content (AvgIpc) is 3.16. The quantitative estimate of drug-likeness (QED) is 0.432. The minimum absolute atomic E-state index is 0.0710. The monoisotopic (exact) mass is 451 g/mol. The maximum absolute atomic E-state index is 13.8. The summed E-state index contributed by atoms with van der Waals surface area (Å²) in [4.78, 5) is 33.3. The smallest absolute Gasteiger partial charge is 0.321 e. The van der Waals surface area contributed by atoms with Crippen molar-refractivity contribution in [1.29, 1.82) is 0 Å². The van der Waals surface area contributed by atoms with Gasteiger partial charge in [-0.3, -0.25) is 14.5 Å². The Morgan fingerprint density at radius 3 is 2.64 bits per heavy atom. The van der Waals surface area contributed by atoms with E-state index < -0.39 is 17.9 Å². The minimum Gasteiger partial charge on any atom is -0.504 e. The fourth-order valence-electron chi connectivity index (χ4n) is 4.34. The number of para-hydroxylation sites is 2. The van der Waals surface area contributed by atoms with Crippen LogP contribution in [-0.4, -0.2) is 46.8 Å². The number of aromatic nitrogens is 2. The Bertz CT molecular complexity index is 1190. The van der Waals surface area contributed by atoms with Gasteiger partial charge in [0.25, 0.3) is 0 Å². The molecule has 0 fully saturated rings. The van der Waals surface area contributed by atoms with E-state index in [1.807, 2.05) is 28.8 Å². The molecule has 1 aliphatic rings. The lowest BCUT2D eigenvalue weighted by Gasteiger charge is -2.38. The van der Waals surface area contributed by atoms with Gasteiger partial charge < -0.3 is 19.1 Å². The van der Waals surface area contributed by atoms with Crippen LogP contribution < -0.4 is 9.64 Å². The maximum Gasteiger partial charge on any atom is 0.321 e. The number of amides is 1. The fraction of sp³-hybridized carbons (Fsp3) is 0.400. The van der Waals surface area contributed by atoms with Crippen LogP contribution >= 0.6 is 0 Å². The van der Waals surface area contributed by atoms with Crippen LogP contribution in [0.15, 0.2) is 42.5 Å². The highest BCUT2D eigenvalue weighted by Crippen LogP contribution is 2.43. The fourth-order valence-corrected chi connectivity index (χ4v) is 4.34. The zero-order valence-corrected chi connectivity index (χ0v) is 19.3. The predicted octanol–water partition coefficient (Wildman–Crippen LogP) is 3.91. The molecule has 1 aliphatic heterocycles. The number of aromatic hydroxyl groups is 1. The lowest BCUT2D eigenvalue weighted by molar-refractivity contribution is -0.153. The third kappa shape index (κ3) is 4.01. The summed E-state index contributed by atoms with van der Waals surface area (Å²) in [6.07, 6.45) is 0.762. The number of phenolic OH excluding ortho intramolecular Hbond substituents is 1. The molecule has 0 aliphatic carbocycles. The third-order valence-electron chi connectivity index (χ3n) is 5.96. The number of phenols is 1. The van der Waals surface area contributed by atoms with Gasteiger partial charge in [0.15, 0.2) is 17.4 Å².